The Morgan fingerprint density at radius 1 is 1.23 bits per heavy atom. The fourth-order valence-electron chi connectivity index (χ4n) is 3.45. The smallest absolute Gasteiger partial charge is 0.220 e. The Labute approximate surface area is 181 Å². The van der Waals surface area contributed by atoms with Crippen LogP contribution in [0.5, 0.6) is 0 Å². The number of hydrogen-bond acceptors (Lipinski definition) is 3. The molecule has 31 heavy (non-hydrogen) atoms. The van der Waals surface area contributed by atoms with Crippen molar-refractivity contribution in [3.05, 3.63) is 66.0 Å². The first kappa shape index (κ1) is 22.2. The molecular formula is C24H27FN4O2. The van der Waals surface area contributed by atoms with Gasteiger partial charge in [-0.3, -0.25) is 9.59 Å². The van der Waals surface area contributed by atoms with Crippen LogP contribution < -0.4 is 10.6 Å². The van der Waals surface area contributed by atoms with E-state index in [1.54, 1.807) is 22.9 Å². The first-order valence-corrected chi connectivity index (χ1v) is 10.4. The summed E-state index contributed by atoms with van der Waals surface area (Å²) in [6, 6.07) is 16.2. The van der Waals surface area contributed by atoms with E-state index in [2.05, 4.69) is 41.7 Å². The van der Waals surface area contributed by atoms with Crippen molar-refractivity contribution in [2.75, 3.05) is 11.9 Å². The van der Waals surface area contributed by atoms with Crippen molar-refractivity contribution in [2.24, 2.45) is 5.92 Å². The van der Waals surface area contributed by atoms with Gasteiger partial charge in [0, 0.05) is 24.6 Å². The highest BCUT2D eigenvalue weighted by Gasteiger charge is 2.15. The molecule has 0 unspecified atom stereocenters. The van der Waals surface area contributed by atoms with Crippen LogP contribution in [0.3, 0.4) is 0 Å². The summed E-state index contributed by atoms with van der Waals surface area (Å²) < 4.78 is 15.2. The van der Waals surface area contributed by atoms with Gasteiger partial charge in [-0.25, -0.2) is 9.07 Å². The highest BCUT2D eigenvalue weighted by molar-refractivity contribution is 5.78. The van der Waals surface area contributed by atoms with Gasteiger partial charge in [0.25, 0.3) is 0 Å². The van der Waals surface area contributed by atoms with E-state index < -0.39 is 0 Å². The molecular weight excluding hydrogens is 395 g/mol. The number of benzene rings is 2. The second kappa shape index (κ2) is 10.5. The first-order valence-electron chi connectivity index (χ1n) is 10.4. The molecule has 1 atom stereocenters. The minimum Gasteiger partial charge on any atom is -0.356 e. The number of anilines is 1. The average Bonchev–Trinajstić information content (AvgIpc) is 3.35. The van der Waals surface area contributed by atoms with Crippen molar-refractivity contribution in [2.45, 2.75) is 33.1 Å². The molecule has 2 aromatic carbocycles. The lowest BCUT2D eigenvalue weighted by atomic mass is 10.0. The second-order valence-corrected chi connectivity index (χ2v) is 7.63. The van der Waals surface area contributed by atoms with Crippen LogP contribution in [-0.2, 0) is 16.0 Å². The average molecular weight is 423 g/mol. The Hall–Kier alpha value is -3.48. The number of carbonyl (C=O) groups excluding carboxylic acids is 2. The van der Waals surface area contributed by atoms with Gasteiger partial charge in [0.05, 0.1) is 11.4 Å². The molecule has 2 N–H and O–H groups in total. The Bertz CT molecular complexity index is 1050. The molecule has 1 aromatic heterocycles. The second-order valence-electron chi connectivity index (χ2n) is 7.63. The van der Waals surface area contributed by atoms with Gasteiger partial charge in [0.2, 0.25) is 12.3 Å². The molecule has 0 spiro atoms. The number of carbonyl (C=O) groups is 2. The quantitative estimate of drug-likeness (QED) is 0.580. The Morgan fingerprint density at radius 2 is 2.03 bits per heavy atom. The molecule has 1 saturated heterocycles. The Morgan fingerprint density at radius 3 is 2.65 bits per heavy atom. The third-order valence-electron chi connectivity index (χ3n) is 4.91. The molecule has 7 heteroatoms. The Kier molecular flexibility index (Phi) is 7.54. The number of aromatic nitrogens is 2. The number of amides is 2. The maximum absolute atomic E-state index is 13.6. The predicted molar refractivity (Wildman–Crippen MR) is 119 cm³/mol. The molecule has 6 nitrogen and oxygen atoms in total. The number of nitrogens with one attached hydrogen (secondary N) is 2. The summed E-state index contributed by atoms with van der Waals surface area (Å²) in [5, 5.41) is 9.66. The molecule has 162 valence electrons. The SMILES string of the molecule is CCCc1cccc(-c2cc(NC=O)nn2-c2cccc(F)c2)c1.C[C@H]1CNC(=O)C1. The molecule has 0 aliphatic carbocycles. The van der Waals surface area contributed by atoms with Gasteiger partial charge >= 0.3 is 0 Å². The van der Waals surface area contributed by atoms with Crippen molar-refractivity contribution in [1.29, 1.82) is 0 Å². The van der Waals surface area contributed by atoms with Gasteiger partial charge in [-0.05, 0) is 42.2 Å². The highest BCUT2D eigenvalue weighted by atomic mass is 19.1. The summed E-state index contributed by atoms with van der Waals surface area (Å²) in [5.41, 5.74) is 3.59. The van der Waals surface area contributed by atoms with E-state index in [1.165, 1.54) is 17.7 Å². The molecule has 1 aliphatic rings. The minimum atomic E-state index is -0.335. The van der Waals surface area contributed by atoms with Crippen molar-refractivity contribution in [3.63, 3.8) is 0 Å². The van der Waals surface area contributed by atoms with E-state index in [-0.39, 0.29) is 11.7 Å². The molecule has 0 bridgehead atoms. The minimum absolute atomic E-state index is 0.201. The zero-order valence-electron chi connectivity index (χ0n) is 17.8. The lowest BCUT2D eigenvalue weighted by molar-refractivity contribution is -0.119. The van der Waals surface area contributed by atoms with E-state index in [0.29, 0.717) is 23.8 Å². The largest absolute Gasteiger partial charge is 0.356 e. The molecule has 1 fully saturated rings. The summed E-state index contributed by atoms with van der Waals surface area (Å²) in [7, 11) is 0. The first-order chi connectivity index (χ1) is 15.0. The summed E-state index contributed by atoms with van der Waals surface area (Å²) in [6.45, 7) is 5.08. The standard InChI is InChI=1S/C19H18FN3O.C5H9NO/c1-2-5-14-6-3-7-15(10-14)18-12-19(21-13-24)22-23(18)17-9-4-8-16(20)11-17;1-4-2-5(7)6-3-4/h3-4,6-13H,2,5H2,1H3,(H,21,22,24);4H,2-3H2,1H3,(H,6,7)/t;4-/m.1/s1. The molecule has 1 aliphatic heterocycles. The third kappa shape index (κ3) is 6.01. The number of hydrogen-bond donors (Lipinski definition) is 2. The van der Waals surface area contributed by atoms with Crippen LogP contribution in [0.25, 0.3) is 16.9 Å². The molecule has 2 amide bonds. The predicted octanol–water partition coefficient (Wildman–Crippen LogP) is 4.34. The van der Waals surface area contributed by atoms with Gasteiger partial charge < -0.3 is 10.6 Å². The highest BCUT2D eigenvalue weighted by Crippen LogP contribution is 2.27. The van der Waals surface area contributed by atoms with Gasteiger partial charge in [-0.15, -0.1) is 5.10 Å². The van der Waals surface area contributed by atoms with Crippen LogP contribution in [-0.4, -0.2) is 28.6 Å². The molecule has 0 saturated carbocycles. The van der Waals surface area contributed by atoms with E-state index in [9.17, 15) is 14.0 Å². The van der Waals surface area contributed by atoms with Gasteiger partial charge in [0.1, 0.15) is 5.82 Å². The van der Waals surface area contributed by atoms with Gasteiger partial charge in [0.15, 0.2) is 5.82 Å². The van der Waals surface area contributed by atoms with Crippen LogP contribution in [0, 0.1) is 11.7 Å². The zero-order valence-corrected chi connectivity index (χ0v) is 17.8. The number of rotatable bonds is 6. The fraction of sp³-hybridized carbons (Fsp3) is 0.292. The topological polar surface area (TPSA) is 76.0 Å². The van der Waals surface area contributed by atoms with E-state index in [1.807, 2.05) is 12.1 Å². The van der Waals surface area contributed by atoms with Crippen LogP contribution in [0.4, 0.5) is 10.2 Å². The lowest BCUT2D eigenvalue weighted by Crippen LogP contribution is -2.13. The normalized spacial score (nSPS) is 15.1. The van der Waals surface area contributed by atoms with E-state index >= 15 is 0 Å². The monoisotopic (exact) mass is 422 g/mol. The van der Waals surface area contributed by atoms with Crippen molar-refractivity contribution >= 4 is 18.1 Å². The maximum Gasteiger partial charge on any atom is 0.220 e. The van der Waals surface area contributed by atoms with E-state index in [4.69, 9.17) is 0 Å². The lowest BCUT2D eigenvalue weighted by Gasteiger charge is -2.09. The zero-order chi connectivity index (χ0) is 22.2. The maximum atomic E-state index is 13.6. The molecule has 0 radical (unpaired) electrons. The summed E-state index contributed by atoms with van der Waals surface area (Å²) in [4.78, 5) is 21.1. The van der Waals surface area contributed by atoms with Gasteiger partial charge in [-0.2, -0.15) is 0 Å². The molecule has 3 aromatic rings. The Balaban J connectivity index is 0.000000330. The van der Waals surface area contributed by atoms with Crippen LogP contribution in [0.1, 0.15) is 32.3 Å². The summed E-state index contributed by atoms with van der Waals surface area (Å²) >= 11 is 0. The van der Waals surface area contributed by atoms with Crippen LogP contribution >= 0.6 is 0 Å². The molecule has 2 heterocycles. The number of nitrogens with zero attached hydrogens (tertiary/aromatic N) is 2. The van der Waals surface area contributed by atoms with Crippen molar-refractivity contribution in [1.82, 2.24) is 15.1 Å². The summed E-state index contributed by atoms with van der Waals surface area (Å²) in [6.07, 6.45) is 3.35. The van der Waals surface area contributed by atoms with Crippen LogP contribution in [0.2, 0.25) is 0 Å². The molecule has 4 rings (SSSR count). The van der Waals surface area contributed by atoms with E-state index in [0.717, 1.165) is 37.1 Å². The number of aryl methyl sites for hydroxylation is 1. The van der Waals surface area contributed by atoms with Gasteiger partial charge in [-0.1, -0.05) is 44.5 Å². The van der Waals surface area contributed by atoms with Crippen LogP contribution in [0.15, 0.2) is 54.6 Å². The fourth-order valence-corrected chi connectivity index (χ4v) is 3.45. The third-order valence-corrected chi connectivity index (χ3v) is 4.91. The number of halogens is 1. The van der Waals surface area contributed by atoms with Crippen molar-refractivity contribution < 1.29 is 14.0 Å². The van der Waals surface area contributed by atoms with Crippen molar-refractivity contribution in [3.8, 4) is 16.9 Å². The summed E-state index contributed by atoms with van der Waals surface area (Å²) in [5.74, 6) is 0.851.